The molecule has 1 aromatic heterocycles. The molecule has 6 heteroatoms. The van der Waals surface area contributed by atoms with E-state index in [1.807, 2.05) is 0 Å². The van der Waals surface area contributed by atoms with E-state index in [1.54, 1.807) is 5.48 Å². The summed E-state index contributed by atoms with van der Waals surface area (Å²) in [7, 11) is 0. The molecule has 1 unspecified atom stereocenters. The molecule has 140 valence electrons. The summed E-state index contributed by atoms with van der Waals surface area (Å²) in [6.07, 6.45) is 8.52. The van der Waals surface area contributed by atoms with Gasteiger partial charge in [-0.3, -0.25) is 19.9 Å². The fourth-order valence-electron chi connectivity index (χ4n) is 6.78. The second kappa shape index (κ2) is 5.99. The Morgan fingerprint density at radius 2 is 1.92 bits per heavy atom. The monoisotopic (exact) mass is 359 g/mol. The summed E-state index contributed by atoms with van der Waals surface area (Å²) in [6.45, 7) is 2.01. The summed E-state index contributed by atoms with van der Waals surface area (Å²) in [4.78, 5) is 18.1. The number of alkyl halides is 1. The number of carbonyl (C=O) groups is 1. The molecule has 4 fully saturated rings. The highest BCUT2D eigenvalue weighted by molar-refractivity contribution is 5.93. The Kier molecular flexibility index (Phi) is 3.83. The minimum atomic E-state index is -1.13. The van der Waals surface area contributed by atoms with Crippen molar-refractivity contribution in [3.63, 3.8) is 0 Å². The summed E-state index contributed by atoms with van der Waals surface area (Å²) in [5.74, 6) is 2.05. The molecule has 5 aliphatic rings. The molecule has 26 heavy (non-hydrogen) atoms. The summed E-state index contributed by atoms with van der Waals surface area (Å²) in [5, 5.41) is 8.76. The standard InChI is InChI=1S/C20H26FN3O2/c21-17-9-24(10-18-16(17)4-15(8-22-18)19(25)23-26)11-20-5-12-1-13(6-20)3-14(2-12)7-20/h4,8,12-14,17,26H,1-3,5-7,9-11H2,(H,23,25). The molecule has 1 atom stereocenters. The topological polar surface area (TPSA) is 65.5 Å². The average Bonchev–Trinajstić information content (AvgIpc) is 2.59. The van der Waals surface area contributed by atoms with E-state index < -0.39 is 12.1 Å². The summed E-state index contributed by atoms with van der Waals surface area (Å²) in [6, 6.07) is 1.53. The maximum absolute atomic E-state index is 14.9. The van der Waals surface area contributed by atoms with Crippen molar-refractivity contribution in [2.24, 2.45) is 23.2 Å². The third-order valence-electron chi connectivity index (χ3n) is 7.22. The van der Waals surface area contributed by atoms with Crippen LogP contribution in [0.25, 0.3) is 0 Å². The molecule has 0 radical (unpaired) electrons. The number of nitrogens with zero attached hydrogens (tertiary/aromatic N) is 2. The Balaban J connectivity index is 1.34. The molecule has 5 nitrogen and oxygen atoms in total. The smallest absolute Gasteiger partial charge is 0.276 e. The highest BCUT2D eigenvalue weighted by Crippen LogP contribution is 2.60. The lowest BCUT2D eigenvalue weighted by molar-refractivity contribution is -0.0738. The lowest BCUT2D eigenvalue weighted by atomic mass is 9.49. The Bertz CT molecular complexity index is 702. The molecule has 0 saturated heterocycles. The van der Waals surface area contributed by atoms with E-state index in [-0.39, 0.29) is 5.56 Å². The molecule has 1 aliphatic heterocycles. The average molecular weight is 359 g/mol. The highest BCUT2D eigenvalue weighted by atomic mass is 19.1. The van der Waals surface area contributed by atoms with E-state index in [9.17, 15) is 9.18 Å². The molecule has 2 N–H and O–H groups in total. The molecule has 1 amide bonds. The third-order valence-corrected chi connectivity index (χ3v) is 7.22. The summed E-state index contributed by atoms with van der Waals surface area (Å²) >= 11 is 0. The quantitative estimate of drug-likeness (QED) is 0.642. The van der Waals surface area contributed by atoms with Crippen molar-refractivity contribution in [2.45, 2.75) is 51.2 Å². The Morgan fingerprint density at radius 1 is 1.27 bits per heavy atom. The molecule has 0 spiro atoms. The van der Waals surface area contributed by atoms with E-state index in [2.05, 4.69) is 9.88 Å². The predicted octanol–water partition coefficient (Wildman–Crippen LogP) is 3.24. The molecule has 0 aromatic carbocycles. The van der Waals surface area contributed by atoms with Gasteiger partial charge in [0.05, 0.1) is 11.3 Å². The third kappa shape index (κ3) is 2.74. The predicted molar refractivity (Wildman–Crippen MR) is 93.2 cm³/mol. The zero-order valence-corrected chi connectivity index (χ0v) is 15.0. The van der Waals surface area contributed by atoms with Gasteiger partial charge in [-0.15, -0.1) is 0 Å². The lowest BCUT2D eigenvalue weighted by Crippen LogP contribution is -2.52. The Hall–Kier alpha value is -1.53. The molecule has 2 heterocycles. The number of hydroxylamine groups is 1. The van der Waals surface area contributed by atoms with Crippen LogP contribution in [0.5, 0.6) is 0 Å². The first-order valence-corrected chi connectivity index (χ1v) is 9.83. The van der Waals surface area contributed by atoms with Crippen molar-refractivity contribution >= 4 is 5.91 Å². The van der Waals surface area contributed by atoms with Crippen LogP contribution in [0.3, 0.4) is 0 Å². The van der Waals surface area contributed by atoms with Gasteiger partial charge in [-0.2, -0.15) is 0 Å². The van der Waals surface area contributed by atoms with Gasteiger partial charge in [0.2, 0.25) is 0 Å². The number of hydrogen-bond acceptors (Lipinski definition) is 4. The zero-order chi connectivity index (χ0) is 17.9. The lowest BCUT2D eigenvalue weighted by Gasteiger charge is -2.58. The number of aromatic nitrogens is 1. The molecule has 4 saturated carbocycles. The molecule has 6 rings (SSSR count). The van der Waals surface area contributed by atoms with Crippen LogP contribution in [0.15, 0.2) is 12.3 Å². The van der Waals surface area contributed by atoms with Crippen molar-refractivity contribution in [3.8, 4) is 0 Å². The molecule has 4 bridgehead atoms. The van der Waals surface area contributed by atoms with Gasteiger partial charge in [0.15, 0.2) is 0 Å². The van der Waals surface area contributed by atoms with Crippen LogP contribution in [0.2, 0.25) is 0 Å². The van der Waals surface area contributed by atoms with E-state index >= 15 is 0 Å². The fraction of sp³-hybridized carbons (Fsp3) is 0.700. The maximum Gasteiger partial charge on any atom is 0.276 e. The molecule has 4 aliphatic carbocycles. The number of fused-ring (bicyclic) bond motifs is 1. The Labute approximate surface area is 152 Å². The second-order valence-corrected chi connectivity index (χ2v) is 9.26. The zero-order valence-electron chi connectivity index (χ0n) is 15.0. The van der Waals surface area contributed by atoms with Gasteiger partial charge < -0.3 is 0 Å². The number of amides is 1. The first kappa shape index (κ1) is 16.6. The van der Waals surface area contributed by atoms with Crippen molar-refractivity contribution in [3.05, 3.63) is 29.1 Å². The first-order valence-electron chi connectivity index (χ1n) is 9.83. The van der Waals surface area contributed by atoms with Crippen LogP contribution in [-0.4, -0.2) is 34.1 Å². The number of carbonyl (C=O) groups excluding carboxylic acids is 1. The Morgan fingerprint density at radius 3 is 2.54 bits per heavy atom. The number of hydrogen-bond donors (Lipinski definition) is 2. The van der Waals surface area contributed by atoms with Crippen molar-refractivity contribution in [2.75, 3.05) is 13.1 Å². The summed E-state index contributed by atoms with van der Waals surface area (Å²) < 4.78 is 14.9. The van der Waals surface area contributed by atoms with E-state index in [4.69, 9.17) is 5.21 Å². The highest BCUT2D eigenvalue weighted by Gasteiger charge is 2.51. The maximum atomic E-state index is 14.9. The van der Waals surface area contributed by atoms with Gasteiger partial charge >= 0.3 is 0 Å². The van der Waals surface area contributed by atoms with Crippen LogP contribution in [0.1, 0.15) is 66.3 Å². The van der Waals surface area contributed by atoms with Gasteiger partial charge in [-0.05, 0) is 67.8 Å². The van der Waals surface area contributed by atoms with Gasteiger partial charge in [-0.1, -0.05) is 0 Å². The van der Waals surface area contributed by atoms with E-state index in [0.717, 1.165) is 30.0 Å². The van der Waals surface area contributed by atoms with Crippen LogP contribution in [0.4, 0.5) is 4.39 Å². The SMILES string of the molecule is O=C(NO)c1cnc2c(c1)C(F)CN(CC13CC4CC(CC(C4)C1)C3)C2. The normalized spacial score (nSPS) is 38.2. The minimum absolute atomic E-state index is 0.198. The number of halogens is 1. The molecule has 1 aromatic rings. The summed E-state index contributed by atoms with van der Waals surface area (Å²) in [5.41, 5.74) is 3.39. The molecular weight excluding hydrogens is 333 g/mol. The second-order valence-electron chi connectivity index (χ2n) is 9.26. The minimum Gasteiger partial charge on any atom is -0.294 e. The van der Waals surface area contributed by atoms with Crippen LogP contribution in [0, 0.1) is 23.2 Å². The van der Waals surface area contributed by atoms with E-state index in [0.29, 0.717) is 24.1 Å². The van der Waals surface area contributed by atoms with Crippen LogP contribution in [-0.2, 0) is 6.54 Å². The fourth-order valence-corrected chi connectivity index (χ4v) is 6.78. The number of nitrogens with one attached hydrogen (secondary N) is 1. The van der Waals surface area contributed by atoms with E-state index in [1.165, 1.54) is 50.8 Å². The number of pyridine rings is 1. The van der Waals surface area contributed by atoms with Gasteiger partial charge in [0.25, 0.3) is 5.91 Å². The van der Waals surface area contributed by atoms with Crippen molar-refractivity contribution in [1.82, 2.24) is 15.4 Å². The van der Waals surface area contributed by atoms with Gasteiger partial charge in [0, 0.05) is 31.4 Å². The van der Waals surface area contributed by atoms with Gasteiger partial charge in [0.1, 0.15) is 6.17 Å². The van der Waals surface area contributed by atoms with Crippen LogP contribution >= 0.6 is 0 Å². The van der Waals surface area contributed by atoms with Crippen molar-refractivity contribution in [1.29, 1.82) is 0 Å². The van der Waals surface area contributed by atoms with Gasteiger partial charge in [-0.25, -0.2) is 9.87 Å². The van der Waals surface area contributed by atoms with Crippen LogP contribution < -0.4 is 5.48 Å². The largest absolute Gasteiger partial charge is 0.294 e. The number of rotatable bonds is 3. The first-order chi connectivity index (χ1) is 12.5. The van der Waals surface area contributed by atoms with Crippen molar-refractivity contribution < 1.29 is 14.4 Å². The molecular formula is C20H26FN3O2.